The zero-order valence-electron chi connectivity index (χ0n) is 11.0. The minimum atomic E-state index is 0.102. The lowest BCUT2D eigenvalue weighted by molar-refractivity contribution is -0.121. The molecule has 1 saturated heterocycles. The minimum Gasteiger partial charge on any atom is -0.325 e. The van der Waals surface area contributed by atoms with E-state index >= 15 is 0 Å². The Morgan fingerprint density at radius 3 is 2.45 bits per heavy atom. The quantitative estimate of drug-likeness (QED) is 0.907. The molecule has 2 N–H and O–H groups in total. The maximum Gasteiger partial charge on any atom is 0.230 e. The summed E-state index contributed by atoms with van der Waals surface area (Å²) in [5.74, 6) is 0.203. The maximum atomic E-state index is 12.0. The van der Waals surface area contributed by atoms with Crippen molar-refractivity contribution in [1.82, 2.24) is 5.32 Å². The van der Waals surface area contributed by atoms with E-state index in [-0.39, 0.29) is 11.8 Å². The minimum absolute atomic E-state index is 0.102. The van der Waals surface area contributed by atoms with Gasteiger partial charge >= 0.3 is 0 Å². The third-order valence-corrected chi connectivity index (χ3v) is 4.35. The van der Waals surface area contributed by atoms with E-state index < -0.39 is 0 Å². The highest BCUT2D eigenvalue weighted by Gasteiger charge is 2.25. The lowest BCUT2D eigenvalue weighted by Crippen LogP contribution is -2.48. The van der Waals surface area contributed by atoms with Gasteiger partial charge in [0.2, 0.25) is 5.91 Å². The molecule has 0 unspecified atom stereocenters. The van der Waals surface area contributed by atoms with Gasteiger partial charge in [-0.15, -0.1) is 0 Å². The molecule has 0 saturated carbocycles. The maximum absolute atomic E-state index is 12.0. The van der Waals surface area contributed by atoms with Gasteiger partial charge in [-0.2, -0.15) is 0 Å². The van der Waals surface area contributed by atoms with Gasteiger partial charge in [-0.3, -0.25) is 4.79 Å². The Hall–Kier alpha value is -1.78. The van der Waals surface area contributed by atoms with Crippen molar-refractivity contribution in [2.24, 2.45) is 5.92 Å². The van der Waals surface area contributed by atoms with Gasteiger partial charge in [0.25, 0.3) is 0 Å². The zero-order valence-corrected chi connectivity index (χ0v) is 11.8. The fourth-order valence-electron chi connectivity index (χ4n) is 1.98. The molecule has 1 fully saturated rings. The van der Waals surface area contributed by atoms with Crippen LogP contribution in [0, 0.1) is 5.92 Å². The van der Waals surface area contributed by atoms with E-state index in [0.717, 1.165) is 23.7 Å². The number of carbonyl (C=O) groups excluding carboxylic acids is 1. The lowest BCUT2D eigenvalue weighted by atomic mass is 10.0. The molecule has 3 rings (SSSR count). The summed E-state index contributed by atoms with van der Waals surface area (Å²) in [5.41, 5.74) is 0.887. The predicted octanol–water partition coefficient (Wildman–Crippen LogP) is 3.00. The first-order valence-corrected chi connectivity index (χ1v) is 7.48. The van der Waals surface area contributed by atoms with Crippen molar-refractivity contribution >= 4 is 23.4 Å². The summed E-state index contributed by atoms with van der Waals surface area (Å²) in [5, 5.41) is 6.15. The van der Waals surface area contributed by atoms with E-state index in [9.17, 15) is 4.79 Å². The van der Waals surface area contributed by atoms with Crippen LogP contribution in [0.15, 0.2) is 64.4 Å². The van der Waals surface area contributed by atoms with Crippen LogP contribution in [0.5, 0.6) is 0 Å². The fraction of sp³-hybridized carbons (Fsp3) is 0.188. The molecule has 1 aliphatic rings. The van der Waals surface area contributed by atoms with Crippen molar-refractivity contribution in [1.29, 1.82) is 0 Å². The SMILES string of the molecule is O=C(Nc1ccccc1Sc1ccccc1)C1CNC1. The Kier molecular flexibility index (Phi) is 4.04. The number of amides is 1. The summed E-state index contributed by atoms with van der Waals surface area (Å²) < 4.78 is 0. The van der Waals surface area contributed by atoms with Crippen molar-refractivity contribution in [3.63, 3.8) is 0 Å². The van der Waals surface area contributed by atoms with Gasteiger partial charge in [-0.1, -0.05) is 42.1 Å². The monoisotopic (exact) mass is 284 g/mol. The highest BCUT2D eigenvalue weighted by Crippen LogP contribution is 2.33. The summed E-state index contributed by atoms with van der Waals surface area (Å²) in [6, 6.07) is 18.1. The first kappa shape index (κ1) is 13.2. The zero-order chi connectivity index (χ0) is 13.8. The summed E-state index contributed by atoms with van der Waals surface area (Å²) in [4.78, 5) is 14.3. The predicted molar refractivity (Wildman–Crippen MR) is 82.0 cm³/mol. The third-order valence-electron chi connectivity index (χ3n) is 3.27. The lowest BCUT2D eigenvalue weighted by Gasteiger charge is -2.26. The average Bonchev–Trinajstić information content (AvgIpc) is 2.40. The number of hydrogen-bond donors (Lipinski definition) is 2. The number of benzene rings is 2. The molecule has 0 radical (unpaired) electrons. The van der Waals surface area contributed by atoms with Gasteiger partial charge in [0.1, 0.15) is 0 Å². The van der Waals surface area contributed by atoms with Gasteiger partial charge in [0, 0.05) is 22.9 Å². The topological polar surface area (TPSA) is 41.1 Å². The molecule has 1 amide bonds. The van der Waals surface area contributed by atoms with Crippen LogP contribution >= 0.6 is 11.8 Å². The van der Waals surface area contributed by atoms with Crippen LogP contribution in [0.25, 0.3) is 0 Å². The molecule has 0 aliphatic carbocycles. The van der Waals surface area contributed by atoms with E-state index in [1.807, 2.05) is 42.5 Å². The van der Waals surface area contributed by atoms with Crippen LogP contribution in [0.4, 0.5) is 5.69 Å². The van der Waals surface area contributed by atoms with E-state index in [4.69, 9.17) is 0 Å². The Labute approximate surface area is 122 Å². The average molecular weight is 284 g/mol. The van der Waals surface area contributed by atoms with Crippen LogP contribution in [-0.2, 0) is 4.79 Å². The Morgan fingerprint density at radius 2 is 1.75 bits per heavy atom. The van der Waals surface area contributed by atoms with Gasteiger partial charge in [0.05, 0.1) is 11.6 Å². The molecule has 1 aliphatic heterocycles. The van der Waals surface area contributed by atoms with Crippen molar-refractivity contribution in [3.8, 4) is 0 Å². The van der Waals surface area contributed by atoms with Crippen LogP contribution in [-0.4, -0.2) is 19.0 Å². The number of anilines is 1. The normalized spacial score (nSPS) is 14.6. The van der Waals surface area contributed by atoms with E-state index in [2.05, 4.69) is 22.8 Å². The molecule has 102 valence electrons. The molecule has 0 aromatic heterocycles. The highest BCUT2D eigenvalue weighted by atomic mass is 32.2. The molecular weight excluding hydrogens is 268 g/mol. The van der Waals surface area contributed by atoms with Crippen LogP contribution in [0.2, 0.25) is 0 Å². The fourth-order valence-corrected chi connectivity index (χ4v) is 2.91. The Bertz CT molecular complexity index is 596. The largest absolute Gasteiger partial charge is 0.325 e. The molecule has 20 heavy (non-hydrogen) atoms. The smallest absolute Gasteiger partial charge is 0.230 e. The molecule has 1 heterocycles. The van der Waals surface area contributed by atoms with E-state index in [1.54, 1.807) is 11.8 Å². The molecular formula is C16H16N2OS. The van der Waals surface area contributed by atoms with Crippen molar-refractivity contribution in [3.05, 3.63) is 54.6 Å². The second-order valence-corrected chi connectivity index (χ2v) is 5.87. The van der Waals surface area contributed by atoms with Crippen LogP contribution in [0.3, 0.4) is 0 Å². The second-order valence-electron chi connectivity index (χ2n) is 4.76. The summed E-state index contributed by atoms with van der Waals surface area (Å²) in [7, 11) is 0. The summed E-state index contributed by atoms with van der Waals surface area (Å²) >= 11 is 1.66. The second kappa shape index (κ2) is 6.11. The number of carbonyl (C=O) groups is 1. The van der Waals surface area contributed by atoms with Crippen LogP contribution < -0.4 is 10.6 Å². The molecule has 2 aromatic carbocycles. The first-order valence-electron chi connectivity index (χ1n) is 6.66. The molecule has 3 nitrogen and oxygen atoms in total. The molecule has 0 atom stereocenters. The standard InChI is InChI=1S/C16H16N2OS/c19-16(12-10-17-11-12)18-14-8-4-5-9-15(14)20-13-6-2-1-3-7-13/h1-9,12,17H,10-11H2,(H,18,19). The van der Waals surface area contributed by atoms with Crippen molar-refractivity contribution < 1.29 is 4.79 Å². The Morgan fingerprint density at radius 1 is 1.05 bits per heavy atom. The van der Waals surface area contributed by atoms with E-state index in [0.29, 0.717) is 0 Å². The number of rotatable bonds is 4. The van der Waals surface area contributed by atoms with E-state index in [1.165, 1.54) is 4.90 Å². The number of para-hydroxylation sites is 1. The highest BCUT2D eigenvalue weighted by molar-refractivity contribution is 7.99. The first-order chi connectivity index (χ1) is 9.83. The van der Waals surface area contributed by atoms with Crippen molar-refractivity contribution in [2.45, 2.75) is 9.79 Å². The van der Waals surface area contributed by atoms with Gasteiger partial charge in [0.15, 0.2) is 0 Å². The van der Waals surface area contributed by atoms with Crippen molar-refractivity contribution in [2.75, 3.05) is 18.4 Å². The molecule has 0 bridgehead atoms. The van der Waals surface area contributed by atoms with Gasteiger partial charge in [-0.25, -0.2) is 0 Å². The van der Waals surface area contributed by atoms with Gasteiger partial charge in [-0.05, 0) is 24.3 Å². The number of nitrogens with one attached hydrogen (secondary N) is 2. The van der Waals surface area contributed by atoms with Gasteiger partial charge < -0.3 is 10.6 Å². The molecule has 0 spiro atoms. The summed E-state index contributed by atoms with van der Waals surface area (Å²) in [6.45, 7) is 1.56. The number of hydrogen-bond acceptors (Lipinski definition) is 3. The third kappa shape index (κ3) is 3.03. The summed E-state index contributed by atoms with van der Waals surface area (Å²) in [6.07, 6.45) is 0. The molecule has 4 heteroatoms. The van der Waals surface area contributed by atoms with Crippen LogP contribution in [0.1, 0.15) is 0 Å². The Balaban J connectivity index is 1.75. The molecule has 2 aromatic rings.